The molecule has 6 rings (SSSR count). The number of aromatic amines is 1. The number of hydrogen-bond donors (Lipinski definition) is 3. The lowest BCUT2D eigenvalue weighted by atomic mass is 9.91. The molecule has 0 bridgehead atoms. The topological polar surface area (TPSA) is 107 Å². The lowest BCUT2D eigenvalue weighted by molar-refractivity contribution is -0.155. The number of amides is 1. The largest absolute Gasteiger partial charge is 0.493 e. The molecule has 4 aromatic rings. The fourth-order valence-corrected chi connectivity index (χ4v) is 5.79. The Bertz CT molecular complexity index is 1580. The zero-order chi connectivity index (χ0) is 29.8. The van der Waals surface area contributed by atoms with Gasteiger partial charge >= 0.3 is 0 Å². The first-order chi connectivity index (χ1) is 21.0. The number of fused-ring (bicyclic) bond motifs is 1. The maximum absolute atomic E-state index is 15.1. The summed E-state index contributed by atoms with van der Waals surface area (Å²) in [6, 6.07) is 16.8. The van der Waals surface area contributed by atoms with E-state index >= 15 is 4.39 Å². The van der Waals surface area contributed by atoms with Gasteiger partial charge in [0.1, 0.15) is 6.10 Å². The zero-order valence-electron chi connectivity index (χ0n) is 23.6. The van der Waals surface area contributed by atoms with Crippen molar-refractivity contribution in [2.75, 3.05) is 38.8 Å². The number of ether oxygens (including phenoxy) is 4. The number of methoxy groups -OCH3 is 1. The Morgan fingerprint density at radius 2 is 1.91 bits per heavy atom. The van der Waals surface area contributed by atoms with Crippen molar-refractivity contribution < 1.29 is 28.1 Å². The number of rotatable bonds is 10. The number of H-pyrrole nitrogens is 1. The fraction of sp³-hybridized carbons (Fsp3) is 0.312. The molecule has 224 valence electrons. The number of para-hydroxylation sites is 1. The van der Waals surface area contributed by atoms with Gasteiger partial charge in [-0.15, -0.1) is 0 Å². The lowest BCUT2D eigenvalue weighted by Crippen LogP contribution is -2.41. The molecule has 0 radical (unpaired) electrons. The Morgan fingerprint density at radius 3 is 2.67 bits per heavy atom. The molecule has 11 heteroatoms. The second-order valence-electron chi connectivity index (χ2n) is 10.5. The van der Waals surface area contributed by atoms with Crippen LogP contribution < -0.4 is 15.4 Å². The highest BCUT2D eigenvalue weighted by Crippen LogP contribution is 2.43. The SMILES string of the molecule is COc1c(Cl)cccc1Nc1c(-c2ccncc2F)[nH]c2c1C(=O)NCC2C[C@H]1CO[C@H](COCc2ccccc2)CO1. The molecule has 43 heavy (non-hydrogen) atoms. The van der Waals surface area contributed by atoms with Gasteiger partial charge in [-0.25, -0.2) is 4.39 Å². The normalized spacial score (nSPS) is 19.9. The number of nitrogens with zero attached hydrogens (tertiary/aromatic N) is 1. The number of hydrogen-bond acceptors (Lipinski definition) is 7. The molecule has 1 unspecified atom stereocenters. The van der Waals surface area contributed by atoms with E-state index in [9.17, 15) is 4.79 Å². The van der Waals surface area contributed by atoms with Crippen LogP contribution in [0.15, 0.2) is 67.0 Å². The van der Waals surface area contributed by atoms with Gasteiger partial charge in [-0.3, -0.25) is 9.78 Å². The van der Waals surface area contributed by atoms with E-state index in [2.05, 4.69) is 20.6 Å². The standard InChI is InChI=1S/C32H32ClFN4O5/c1-40-31-24(33)8-5-9-26(31)37-30-27-28(38-29(30)23-10-11-35-14-25(23)34)20(13-36-32(27)39)12-21-17-43-22(18-42-21)16-41-15-19-6-3-2-4-7-19/h2-11,14,20-22,37-38H,12-13,15-18H2,1H3,(H,36,39)/t20?,21-,22+/m0/s1. The van der Waals surface area contributed by atoms with Crippen molar-refractivity contribution in [2.45, 2.75) is 31.2 Å². The van der Waals surface area contributed by atoms with Crippen molar-refractivity contribution in [1.82, 2.24) is 15.3 Å². The molecule has 2 aromatic carbocycles. The van der Waals surface area contributed by atoms with Gasteiger partial charge in [-0.1, -0.05) is 48.0 Å². The van der Waals surface area contributed by atoms with Gasteiger partial charge < -0.3 is 34.6 Å². The highest BCUT2D eigenvalue weighted by atomic mass is 35.5. The summed E-state index contributed by atoms with van der Waals surface area (Å²) >= 11 is 6.37. The van der Waals surface area contributed by atoms with Gasteiger partial charge in [0.2, 0.25) is 0 Å². The number of aromatic nitrogens is 2. The van der Waals surface area contributed by atoms with Crippen LogP contribution in [-0.4, -0.2) is 61.6 Å². The van der Waals surface area contributed by atoms with Crippen LogP contribution >= 0.6 is 11.6 Å². The summed E-state index contributed by atoms with van der Waals surface area (Å²) in [6.07, 6.45) is 2.89. The van der Waals surface area contributed by atoms with Crippen LogP contribution in [0.1, 0.15) is 34.0 Å². The zero-order valence-corrected chi connectivity index (χ0v) is 24.3. The number of anilines is 2. The maximum atomic E-state index is 15.1. The fourth-order valence-electron chi connectivity index (χ4n) is 5.54. The van der Waals surface area contributed by atoms with Crippen molar-refractivity contribution in [2.24, 2.45) is 0 Å². The van der Waals surface area contributed by atoms with E-state index in [0.29, 0.717) is 78.5 Å². The highest BCUT2D eigenvalue weighted by Gasteiger charge is 2.36. The average Bonchev–Trinajstić information content (AvgIpc) is 3.40. The smallest absolute Gasteiger partial charge is 0.255 e. The monoisotopic (exact) mass is 606 g/mol. The summed E-state index contributed by atoms with van der Waals surface area (Å²) in [7, 11) is 1.51. The molecule has 0 saturated carbocycles. The van der Waals surface area contributed by atoms with E-state index in [-0.39, 0.29) is 29.6 Å². The van der Waals surface area contributed by atoms with Crippen molar-refractivity contribution in [3.63, 3.8) is 0 Å². The van der Waals surface area contributed by atoms with Crippen LogP contribution in [0.25, 0.3) is 11.3 Å². The van der Waals surface area contributed by atoms with Crippen LogP contribution in [0.2, 0.25) is 5.02 Å². The number of nitrogens with one attached hydrogen (secondary N) is 3. The molecule has 2 aromatic heterocycles. The Kier molecular flexibility index (Phi) is 8.90. The lowest BCUT2D eigenvalue weighted by Gasteiger charge is -2.32. The van der Waals surface area contributed by atoms with E-state index < -0.39 is 5.82 Å². The quantitative estimate of drug-likeness (QED) is 0.208. The molecule has 1 saturated heterocycles. The summed E-state index contributed by atoms with van der Waals surface area (Å²) in [5.41, 5.74) is 3.84. The molecule has 9 nitrogen and oxygen atoms in total. The first-order valence-corrected chi connectivity index (χ1v) is 14.5. The molecule has 0 spiro atoms. The third-order valence-corrected chi connectivity index (χ3v) is 7.94. The number of halogens is 2. The predicted molar refractivity (Wildman–Crippen MR) is 161 cm³/mol. The number of benzene rings is 2. The van der Waals surface area contributed by atoms with Crippen LogP contribution in [-0.2, 0) is 20.8 Å². The Morgan fingerprint density at radius 1 is 1.09 bits per heavy atom. The van der Waals surface area contributed by atoms with Gasteiger partial charge in [0.15, 0.2) is 11.6 Å². The van der Waals surface area contributed by atoms with Crippen molar-refractivity contribution in [3.05, 3.63) is 94.7 Å². The Labute approximate surface area is 253 Å². The molecule has 0 aliphatic carbocycles. The molecule has 3 N–H and O–H groups in total. The van der Waals surface area contributed by atoms with E-state index in [0.717, 1.165) is 11.8 Å². The molecule has 4 heterocycles. The van der Waals surface area contributed by atoms with E-state index in [4.69, 9.17) is 30.5 Å². The first-order valence-electron chi connectivity index (χ1n) is 14.1. The van der Waals surface area contributed by atoms with Crippen molar-refractivity contribution in [3.8, 4) is 17.0 Å². The number of carbonyl (C=O) groups is 1. The molecular formula is C32H32ClFN4O5. The third kappa shape index (κ3) is 6.37. The molecule has 2 aliphatic rings. The molecule has 1 fully saturated rings. The molecule has 1 amide bonds. The summed E-state index contributed by atoms with van der Waals surface area (Å²) in [6.45, 7) is 2.15. The van der Waals surface area contributed by atoms with Gasteiger partial charge in [-0.2, -0.15) is 0 Å². The second kappa shape index (κ2) is 13.1. The minimum atomic E-state index is -0.524. The van der Waals surface area contributed by atoms with Gasteiger partial charge in [0.25, 0.3) is 5.91 Å². The Hall–Kier alpha value is -3.96. The van der Waals surface area contributed by atoms with Crippen molar-refractivity contribution >= 4 is 28.9 Å². The van der Waals surface area contributed by atoms with Crippen LogP contribution in [0.4, 0.5) is 15.8 Å². The van der Waals surface area contributed by atoms with Crippen LogP contribution in [0, 0.1) is 5.82 Å². The second-order valence-corrected chi connectivity index (χ2v) is 10.9. The maximum Gasteiger partial charge on any atom is 0.255 e. The minimum absolute atomic E-state index is 0.132. The van der Waals surface area contributed by atoms with Crippen molar-refractivity contribution in [1.29, 1.82) is 0 Å². The molecule has 3 atom stereocenters. The van der Waals surface area contributed by atoms with E-state index in [1.807, 2.05) is 30.3 Å². The average molecular weight is 607 g/mol. The van der Waals surface area contributed by atoms with Crippen LogP contribution in [0.3, 0.4) is 0 Å². The summed E-state index contributed by atoms with van der Waals surface area (Å²) in [5.74, 6) is -0.525. The first kappa shape index (κ1) is 29.1. The number of pyridine rings is 1. The third-order valence-electron chi connectivity index (χ3n) is 7.64. The van der Waals surface area contributed by atoms with Crippen LogP contribution in [0.5, 0.6) is 5.75 Å². The summed E-state index contributed by atoms with van der Waals surface area (Å²) < 4.78 is 38.6. The highest BCUT2D eigenvalue weighted by molar-refractivity contribution is 6.32. The van der Waals surface area contributed by atoms with Gasteiger partial charge in [0.05, 0.1) is 73.5 Å². The molecule has 2 aliphatic heterocycles. The van der Waals surface area contributed by atoms with E-state index in [1.54, 1.807) is 24.3 Å². The van der Waals surface area contributed by atoms with Gasteiger partial charge in [0, 0.05) is 29.9 Å². The minimum Gasteiger partial charge on any atom is -0.493 e. The molecular weight excluding hydrogens is 575 g/mol. The predicted octanol–water partition coefficient (Wildman–Crippen LogP) is 5.84. The number of carbonyl (C=O) groups excluding carboxylic acids is 1. The Balaban J connectivity index is 1.21. The van der Waals surface area contributed by atoms with Gasteiger partial charge in [-0.05, 0) is 30.2 Å². The van der Waals surface area contributed by atoms with E-state index in [1.165, 1.54) is 13.3 Å². The summed E-state index contributed by atoms with van der Waals surface area (Å²) in [5, 5.41) is 6.69. The summed E-state index contributed by atoms with van der Waals surface area (Å²) in [4.78, 5) is 20.6.